The van der Waals surface area contributed by atoms with Crippen LogP contribution in [0.15, 0.2) is 48.6 Å². The molecule has 1 unspecified atom stereocenters. The van der Waals surface area contributed by atoms with Crippen LogP contribution in [0.25, 0.3) is 0 Å². The Hall–Kier alpha value is -2.36. The molecule has 0 amide bonds. The number of ketones is 1. The maximum atomic E-state index is 12.6. The van der Waals surface area contributed by atoms with Gasteiger partial charge in [0.2, 0.25) is 0 Å². The molecule has 0 radical (unpaired) electrons. The molecular weight excluding hydrogens is 729 g/mol. The SMILES string of the molecule is CCCCCCCCCCCCCCCCCCCC(=O)OC[C@H](COP(=O)(O)OCCN)OC(=O)CCC/C=C\C/C=C\C/C=C\C=C\C(=O)CCCCC. The first kappa shape index (κ1) is 53.6. The lowest BCUT2D eigenvalue weighted by atomic mass is 10.0. The second-order valence-electron chi connectivity index (χ2n) is 14.6. The first-order chi connectivity index (χ1) is 27.2. The highest BCUT2D eigenvalue weighted by molar-refractivity contribution is 7.47. The summed E-state index contributed by atoms with van der Waals surface area (Å²) in [6.07, 6.45) is 42.7. The first-order valence-corrected chi connectivity index (χ1v) is 23.6. The van der Waals surface area contributed by atoms with Crippen molar-refractivity contribution in [2.75, 3.05) is 26.4 Å². The zero-order chi connectivity index (χ0) is 41.2. The smallest absolute Gasteiger partial charge is 0.462 e. The van der Waals surface area contributed by atoms with E-state index in [0.29, 0.717) is 19.3 Å². The number of unbranched alkanes of at least 4 members (excludes halogenated alkanes) is 19. The third-order valence-corrected chi connectivity index (χ3v) is 10.2. The van der Waals surface area contributed by atoms with E-state index in [2.05, 4.69) is 26.0 Å². The molecule has 324 valence electrons. The molecule has 0 heterocycles. The largest absolute Gasteiger partial charge is 0.472 e. The van der Waals surface area contributed by atoms with Crippen LogP contribution in [-0.4, -0.2) is 55.1 Å². The summed E-state index contributed by atoms with van der Waals surface area (Å²) in [5.41, 5.74) is 5.34. The van der Waals surface area contributed by atoms with Gasteiger partial charge in [-0.1, -0.05) is 172 Å². The average molecular weight is 810 g/mol. The Morgan fingerprint density at radius 1 is 0.589 bits per heavy atom. The van der Waals surface area contributed by atoms with Gasteiger partial charge in [0.1, 0.15) is 6.61 Å². The number of rotatable bonds is 41. The van der Waals surface area contributed by atoms with E-state index in [1.54, 1.807) is 12.2 Å². The lowest BCUT2D eigenvalue weighted by molar-refractivity contribution is -0.161. The molecule has 0 aliphatic rings. The minimum Gasteiger partial charge on any atom is -0.462 e. The minimum absolute atomic E-state index is 0.0344. The summed E-state index contributed by atoms with van der Waals surface area (Å²) in [5, 5.41) is 0. The lowest BCUT2D eigenvalue weighted by Crippen LogP contribution is -2.29. The second kappa shape index (κ2) is 40.8. The van der Waals surface area contributed by atoms with Gasteiger partial charge >= 0.3 is 19.8 Å². The molecule has 0 aromatic heterocycles. The number of allylic oxidation sites excluding steroid dienone is 8. The number of phosphoric acid groups is 1. The van der Waals surface area contributed by atoms with Crippen LogP contribution in [0.4, 0.5) is 0 Å². The second-order valence-corrected chi connectivity index (χ2v) is 16.1. The van der Waals surface area contributed by atoms with Crippen molar-refractivity contribution < 1.29 is 42.4 Å². The van der Waals surface area contributed by atoms with Crippen molar-refractivity contribution in [3.05, 3.63) is 48.6 Å². The summed E-state index contributed by atoms with van der Waals surface area (Å²) in [6, 6.07) is 0. The molecule has 2 atom stereocenters. The van der Waals surface area contributed by atoms with Crippen LogP contribution < -0.4 is 5.73 Å². The van der Waals surface area contributed by atoms with E-state index < -0.39 is 32.5 Å². The molecule has 0 aliphatic carbocycles. The molecule has 0 saturated carbocycles. The van der Waals surface area contributed by atoms with Gasteiger partial charge in [-0.3, -0.25) is 23.4 Å². The number of ether oxygens (including phenoxy) is 2. The molecule has 0 bridgehead atoms. The zero-order valence-corrected chi connectivity index (χ0v) is 36.2. The normalized spacial score (nSPS) is 13.6. The van der Waals surface area contributed by atoms with Crippen LogP contribution in [0.1, 0.15) is 187 Å². The van der Waals surface area contributed by atoms with Gasteiger partial charge in [-0.15, -0.1) is 0 Å². The molecule has 11 heteroatoms. The van der Waals surface area contributed by atoms with E-state index in [9.17, 15) is 23.8 Å². The van der Waals surface area contributed by atoms with Gasteiger partial charge in [0.15, 0.2) is 11.9 Å². The van der Waals surface area contributed by atoms with Gasteiger partial charge in [-0.25, -0.2) is 4.57 Å². The van der Waals surface area contributed by atoms with Gasteiger partial charge in [-0.05, 0) is 44.6 Å². The van der Waals surface area contributed by atoms with E-state index in [1.165, 1.54) is 89.9 Å². The van der Waals surface area contributed by atoms with Crippen molar-refractivity contribution in [3.63, 3.8) is 0 Å². The van der Waals surface area contributed by atoms with Crippen molar-refractivity contribution in [2.24, 2.45) is 5.73 Å². The first-order valence-electron chi connectivity index (χ1n) is 22.1. The molecule has 3 N–H and O–H groups in total. The van der Waals surface area contributed by atoms with E-state index in [4.69, 9.17) is 24.3 Å². The van der Waals surface area contributed by atoms with Crippen LogP contribution in [-0.2, 0) is 37.5 Å². The summed E-state index contributed by atoms with van der Waals surface area (Å²) in [7, 11) is -4.41. The Morgan fingerprint density at radius 2 is 1.09 bits per heavy atom. The molecule has 10 nitrogen and oxygen atoms in total. The number of carbonyl (C=O) groups is 3. The van der Waals surface area contributed by atoms with Gasteiger partial charge < -0.3 is 20.1 Å². The minimum atomic E-state index is -4.41. The Bertz CT molecular complexity index is 1120. The van der Waals surface area contributed by atoms with Crippen molar-refractivity contribution in [2.45, 2.75) is 193 Å². The van der Waals surface area contributed by atoms with Crippen molar-refractivity contribution in [1.82, 2.24) is 0 Å². The highest BCUT2D eigenvalue weighted by Crippen LogP contribution is 2.43. The third kappa shape index (κ3) is 39.9. The van der Waals surface area contributed by atoms with Gasteiger partial charge in [0, 0.05) is 25.8 Å². The Morgan fingerprint density at radius 3 is 1.68 bits per heavy atom. The molecule has 0 aromatic rings. The summed E-state index contributed by atoms with van der Waals surface area (Å²) < 4.78 is 32.7. The summed E-state index contributed by atoms with van der Waals surface area (Å²) >= 11 is 0. The molecule has 0 rings (SSSR count). The predicted octanol–water partition coefficient (Wildman–Crippen LogP) is 11.9. The summed E-state index contributed by atoms with van der Waals surface area (Å²) in [5.74, 6) is -0.759. The van der Waals surface area contributed by atoms with E-state index in [1.807, 2.05) is 24.3 Å². The maximum absolute atomic E-state index is 12.6. The summed E-state index contributed by atoms with van der Waals surface area (Å²) in [6.45, 7) is 3.49. The van der Waals surface area contributed by atoms with Crippen molar-refractivity contribution in [1.29, 1.82) is 0 Å². The van der Waals surface area contributed by atoms with Gasteiger partial charge in [0.25, 0.3) is 0 Å². The number of hydrogen-bond acceptors (Lipinski definition) is 9. The van der Waals surface area contributed by atoms with E-state index in [-0.39, 0.29) is 38.4 Å². The monoisotopic (exact) mass is 810 g/mol. The van der Waals surface area contributed by atoms with Crippen LogP contribution in [0.3, 0.4) is 0 Å². The standard InChI is InChI=1S/C45H80NO9P/c1-3-5-7-8-9-10-11-12-13-14-15-16-19-22-25-28-32-36-44(48)52-40-43(41-54-56(50,51)53-39-38-46)55-45(49)37-33-29-26-23-20-17-18-21-24-27-31-35-42(47)34-30-6-4-2/h17-18,23-24,26-27,31,35,43H,3-16,19-22,25,28-30,32-34,36-41,46H2,1-2H3,(H,50,51)/b18-17-,26-23-,27-24-,35-31+/t43-/m1/s1. The van der Waals surface area contributed by atoms with Gasteiger partial charge in [0.05, 0.1) is 13.2 Å². The van der Waals surface area contributed by atoms with Crippen LogP contribution in [0.5, 0.6) is 0 Å². The Kier molecular flexibility index (Phi) is 39.1. The summed E-state index contributed by atoms with van der Waals surface area (Å²) in [4.78, 5) is 46.6. The van der Waals surface area contributed by atoms with E-state index >= 15 is 0 Å². The topological polar surface area (TPSA) is 151 Å². The number of phosphoric ester groups is 1. The quantitative estimate of drug-likeness (QED) is 0.0152. The van der Waals surface area contributed by atoms with E-state index in [0.717, 1.165) is 51.4 Å². The molecule has 0 spiro atoms. The molecule has 0 aliphatic heterocycles. The highest BCUT2D eigenvalue weighted by Gasteiger charge is 2.26. The van der Waals surface area contributed by atoms with Crippen molar-refractivity contribution in [3.8, 4) is 0 Å². The number of nitrogens with two attached hydrogens (primary N) is 1. The fraction of sp³-hybridized carbons (Fsp3) is 0.756. The number of esters is 2. The van der Waals surface area contributed by atoms with Crippen LogP contribution in [0.2, 0.25) is 0 Å². The fourth-order valence-corrected chi connectivity index (χ4v) is 6.64. The van der Waals surface area contributed by atoms with Crippen LogP contribution in [0, 0.1) is 0 Å². The lowest BCUT2D eigenvalue weighted by Gasteiger charge is -2.19. The molecular formula is C45H80NO9P. The Labute approximate surface area is 341 Å². The third-order valence-electron chi connectivity index (χ3n) is 9.19. The predicted molar refractivity (Wildman–Crippen MR) is 229 cm³/mol. The number of hydrogen-bond donors (Lipinski definition) is 2. The fourth-order valence-electron chi connectivity index (χ4n) is 5.88. The maximum Gasteiger partial charge on any atom is 0.472 e. The highest BCUT2D eigenvalue weighted by atomic mass is 31.2. The van der Waals surface area contributed by atoms with Crippen molar-refractivity contribution >= 4 is 25.5 Å². The molecule has 0 fully saturated rings. The number of carbonyl (C=O) groups excluding carboxylic acids is 3. The van der Waals surface area contributed by atoms with Gasteiger partial charge in [-0.2, -0.15) is 0 Å². The molecule has 0 aromatic carbocycles. The zero-order valence-electron chi connectivity index (χ0n) is 35.4. The molecule has 0 saturated heterocycles. The van der Waals surface area contributed by atoms with Crippen LogP contribution >= 0.6 is 7.82 Å². The Balaban J connectivity index is 4.26. The average Bonchev–Trinajstić information content (AvgIpc) is 3.18. The molecule has 56 heavy (non-hydrogen) atoms.